The fourth-order valence-electron chi connectivity index (χ4n) is 1.63. The van der Waals surface area contributed by atoms with E-state index in [2.05, 4.69) is 22.5 Å². The topological polar surface area (TPSA) is 54.0 Å². The molecule has 90 valence electrons. The molecule has 1 amide bonds. The van der Waals surface area contributed by atoms with Gasteiger partial charge in [0.15, 0.2) is 5.13 Å². The van der Waals surface area contributed by atoms with Gasteiger partial charge in [-0.3, -0.25) is 4.79 Å². The second-order valence-electron chi connectivity index (χ2n) is 3.62. The molecule has 1 aromatic rings. The molecule has 0 spiro atoms. The Morgan fingerprint density at radius 3 is 3.12 bits per heavy atom. The van der Waals surface area contributed by atoms with Gasteiger partial charge in [0.25, 0.3) is 0 Å². The molecule has 6 heteroatoms. The maximum Gasteiger partial charge on any atom is 0.243 e. The second kappa shape index (κ2) is 6.18. The van der Waals surface area contributed by atoms with Crippen molar-refractivity contribution in [2.75, 3.05) is 11.9 Å². The molecule has 1 aliphatic rings. The molecular weight excluding hydrogens is 246 g/mol. The van der Waals surface area contributed by atoms with E-state index < -0.39 is 0 Å². The van der Waals surface area contributed by atoms with Gasteiger partial charge in [-0.15, -0.1) is 23.7 Å². The van der Waals surface area contributed by atoms with Crippen LogP contribution in [-0.2, 0) is 11.2 Å². The van der Waals surface area contributed by atoms with E-state index in [9.17, 15) is 4.79 Å². The molecule has 0 bridgehead atoms. The highest BCUT2D eigenvalue weighted by Gasteiger charge is 2.22. The number of nitrogens with one attached hydrogen (secondary N) is 2. The molecule has 1 unspecified atom stereocenters. The molecule has 2 N–H and O–H groups in total. The quantitative estimate of drug-likeness (QED) is 0.873. The number of hydrogen-bond donors (Lipinski definition) is 2. The summed E-state index contributed by atoms with van der Waals surface area (Å²) in [6, 6.07) is -0.0287. The Bertz CT molecular complexity index is 350. The molecule has 0 radical (unpaired) electrons. The van der Waals surface area contributed by atoms with Gasteiger partial charge in [0, 0.05) is 11.1 Å². The van der Waals surface area contributed by atoms with E-state index in [1.165, 1.54) is 4.88 Å². The lowest BCUT2D eigenvalue weighted by Crippen LogP contribution is -2.35. The van der Waals surface area contributed by atoms with Gasteiger partial charge in [-0.2, -0.15) is 0 Å². The van der Waals surface area contributed by atoms with Crippen LogP contribution in [0.1, 0.15) is 24.6 Å². The van der Waals surface area contributed by atoms with Crippen LogP contribution in [0.15, 0.2) is 6.20 Å². The van der Waals surface area contributed by atoms with Crippen LogP contribution < -0.4 is 10.6 Å². The number of amides is 1. The van der Waals surface area contributed by atoms with Gasteiger partial charge < -0.3 is 10.6 Å². The van der Waals surface area contributed by atoms with Crippen LogP contribution in [0.3, 0.4) is 0 Å². The fourth-order valence-corrected chi connectivity index (χ4v) is 2.38. The first-order valence-corrected chi connectivity index (χ1v) is 6.10. The molecule has 0 saturated carbocycles. The number of rotatable bonds is 3. The number of nitrogens with zero attached hydrogens (tertiary/aromatic N) is 1. The van der Waals surface area contributed by atoms with Crippen molar-refractivity contribution in [1.29, 1.82) is 0 Å². The van der Waals surface area contributed by atoms with Crippen molar-refractivity contribution in [1.82, 2.24) is 10.3 Å². The predicted molar refractivity (Wildman–Crippen MR) is 68.4 cm³/mol. The van der Waals surface area contributed by atoms with Crippen LogP contribution >= 0.6 is 23.7 Å². The van der Waals surface area contributed by atoms with Crippen molar-refractivity contribution in [3.05, 3.63) is 11.1 Å². The molecule has 1 aromatic heterocycles. The molecule has 1 aliphatic heterocycles. The minimum absolute atomic E-state index is 0. The van der Waals surface area contributed by atoms with Gasteiger partial charge in [0.05, 0.1) is 6.04 Å². The van der Waals surface area contributed by atoms with E-state index in [1.54, 1.807) is 11.3 Å². The zero-order chi connectivity index (χ0) is 10.7. The van der Waals surface area contributed by atoms with E-state index in [0.29, 0.717) is 5.13 Å². The van der Waals surface area contributed by atoms with Crippen molar-refractivity contribution in [3.63, 3.8) is 0 Å². The van der Waals surface area contributed by atoms with E-state index >= 15 is 0 Å². The van der Waals surface area contributed by atoms with Crippen molar-refractivity contribution in [2.24, 2.45) is 0 Å². The Labute approximate surface area is 105 Å². The predicted octanol–water partition coefficient (Wildman–Crippen LogP) is 1.82. The Kier molecular flexibility index (Phi) is 5.18. The first-order chi connectivity index (χ1) is 7.29. The summed E-state index contributed by atoms with van der Waals surface area (Å²) in [5, 5.41) is 6.72. The Morgan fingerprint density at radius 2 is 2.56 bits per heavy atom. The SMILES string of the molecule is CCc1cnc(NC(=O)C2CCCN2)s1.Cl. The molecular formula is C10H16ClN3OS. The molecule has 1 fully saturated rings. The summed E-state index contributed by atoms with van der Waals surface area (Å²) >= 11 is 1.55. The van der Waals surface area contributed by atoms with Crippen molar-refractivity contribution in [3.8, 4) is 0 Å². The first-order valence-electron chi connectivity index (χ1n) is 5.28. The average molecular weight is 262 g/mol. The molecule has 1 saturated heterocycles. The minimum atomic E-state index is -0.0287. The van der Waals surface area contributed by atoms with Crippen LogP contribution in [0.4, 0.5) is 5.13 Å². The molecule has 0 aliphatic carbocycles. The highest BCUT2D eigenvalue weighted by molar-refractivity contribution is 7.15. The third kappa shape index (κ3) is 3.17. The third-order valence-electron chi connectivity index (χ3n) is 2.51. The van der Waals surface area contributed by atoms with Crippen molar-refractivity contribution < 1.29 is 4.79 Å². The Morgan fingerprint density at radius 1 is 1.75 bits per heavy atom. The van der Waals surface area contributed by atoms with Crippen molar-refractivity contribution in [2.45, 2.75) is 32.2 Å². The van der Waals surface area contributed by atoms with Crippen LogP contribution in [0.5, 0.6) is 0 Å². The lowest BCUT2D eigenvalue weighted by atomic mass is 10.2. The minimum Gasteiger partial charge on any atom is -0.306 e. The Hall–Kier alpha value is -0.650. The van der Waals surface area contributed by atoms with E-state index in [-0.39, 0.29) is 24.4 Å². The third-order valence-corrected chi connectivity index (χ3v) is 3.57. The maximum atomic E-state index is 11.7. The number of carbonyl (C=O) groups excluding carboxylic acids is 1. The number of halogens is 1. The van der Waals surface area contributed by atoms with Crippen LogP contribution in [-0.4, -0.2) is 23.5 Å². The summed E-state index contributed by atoms with van der Waals surface area (Å²) in [7, 11) is 0. The van der Waals surface area contributed by atoms with Gasteiger partial charge in [0.2, 0.25) is 5.91 Å². The monoisotopic (exact) mass is 261 g/mol. The zero-order valence-corrected chi connectivity index (χ0v) is 10.8. The molecule has 16 heavy (non-hydrogen) atoms. The molecule has 1 atom stereocenters. The molecule has 2 heterocycles. The lowest BCUT2D eigenvalue weighted by Gasteiger charge is -2.08. The summed E-state index contributed by atoms with van der Waals surface area (Å²) in [6.45, 7) is 3.02. The van der Waals surface area contributed by atoms with Crippen molar-refractivity contribution >= 4 is 34.8 Å². The van der Waals surface area contributed by atoms with E-state index in [1.807, 2.05) is 6.20 Å². The lowest BCUT2D eigenvalue weighted by molar-refractivity contribution is -0.117. The average Bonchev–Trinajstić information content (AvgIpc) is 2.87. The maximum absolute atomic E-state index is 11.7. The fraction of sp³-hybridized carbons (Fsp3) is 0.600. The number of anilines is 1. The summed E-state index contributed by atoms with van der Waals surface area (Å²) in [6.07, 6.45) is 4.80. The first kappa shape index (κ1) is 13.4. The number of carbonyl (C=O) groups is 1. The van der Waals surface area contributed by atoms with Crippen LogP contribution in [0.25, 0.3) is 0 Å². The largest absolute Gasteiger partial charge is 0.306 e. The Balaban J connectivity index is 0.00000128. The van der Waals surface area contributed by atoms with Crippen LogP contribution in [0, 0.1) is 0 Å². The second-order valence-corrected chi connectivity index (χ2v) is 4.74. The summed E-state index contributed by atoms with van der Waals surface area (Å²) in [5.74, 6) is 0.0458. The summed E-state index contributed by atoms with van der Waals surface area (Å²) in [4.78, 5) is 17.1. The van der Waals surface area contributed by atoms with E-state index in [4.69, 9.17) is 0 Å². The van der Waals surface area contributed by atoms with Crippen LogP contribution in [0.2, 0.25) is 0 Å². The highest BCUT2D eigenvalue weighted by atomic mass is 35.5. The van der Waals surface area contributed by atoms with Gasteiger partial charge in [-0.25, -0.2) is 4.98 Å². The standard InChI is InChI=1S/C10H15N3OS.ClH/c1-2-7-6-12-10(15-7)13-9(14)8-4-3-5-11-8;/h6,8,11H,2-5H2,1H3,(H,12,13,14);1H. The van der Waals surface area contributed by atoms with E-state index in [0.717, 1.165) is 25.8 Å². The smallest absolute Gasteiger partial charge is 0.243 e. The summed E-state index contributed by atoms with van der Waals surface area (Å²) in [5.41, 5.74) is 0. The molecule has 2 rings (SSSR count). The van der Waals surface area contributed by atoms with Gasteiger partial charge in [0.1, 0.15) is 0 Å². The molecule has 0 aromatic carbocycles. The number of aromatic nitrogens is 1. The highest BCUT2D eigenvalue weighted by Crippen LogP contribution is 2.19. The van der Waals surface area contributed by atoms with Gasteiger partial charge >= 0.3 is 0 Å². The number of thiazole rings is 1. The summed E-state index contributed by atoms with van der Waals surface area (Å²) < 4.78 is 0. The number of aryl methyl sites for hydroxylation is 1. The normalized spacial score (nSPS) is 19.2. The van der Waals surface area contributed by atoms with Gasteiger partial charge in [-0.05, 0) is 25.8 Å². The molecule has 4 nitrogen and oxygen atoms in total. The number of hydrogen-bond acceptors (Lipinski definition) is 4. The zero-order valence-electron chi connectivity index (χ0n) is 9.16. The van der Waals surface area contributed by atoms with Gasteiger partial charge in [-0.1, -0.05) is 6.92 Å².